The third kappa shape index (κ3) is 3.67. The van der Waals surface area contributed by atoms with Crippen molar-refractivity contribution >= 4 is 5.91 Å². The van der Waals surface area contributed by atoms with E-state index in [-0.39, 0.29) is 18.6 Å². The van der Waals surface area contributed by atoms with Gasteiger partial charge in [0.1, 0.15) is 12.1 Å². The average molecular weight is 322 g/mol. The van der Waals surface area contributed by atoms with Gasteiger partial charge in [0.05, 0.1) is 6.04 Å². The van der Waals surface area contributed by atoms with E-state index >= 15 is 0 Å². The summed E-state index contributed by atoms with van der Waals surface area (Å²) < 4.78 is 1.74. The van der Waals surface area contributed by atoms with Gasteiger partial charge in [0.2, 0.25) is 0 Å². The fourth-order valence-electron chi connectivity index (χ4n) is 2.47. The number of benzene rings is 1. The number of carbonyl (C=O) groups is 1. The first-order valence-electron chi connectivity index (χ1n) is 7.69. The zero-order valence-electron chi connectivity index (χ0n) is 13.0. The van der Waals surface area contributed by atoms with Crippen LogP contribution in [0.15, 0.2) is 67.4 Å². The third-order valence-corrected chi connectivity index (χ3v) is 3.70. The highest BCUT2D eigenvalue weighted by Crippen LogP contribution is 2.17. The molecule has 1 amide bonds. The Hall–Kier alpha value is -2.99. The maximum absolute atomic E-state index is 12.6. The molecule has 0 saturated heterocycles. The van der Waals surface area contributed by atoms with Crippen molar-refractivity contribution in [2.75, 3.05) is 6.61 Å². The van der Waals surface area contributed by atoms with E-state index in [0.717, 1.165) is 5.56 Å². The van der Waals surface area contributed by atoms with Crippen LogP contribution in [-0.4, -0.2) is 32.2 Å². The van der Waals surface area contributed by atoms with Crippen molar-refractivity contribution in [1.82, 2.24) is 19.9 Å². The Morgan fingerprint density at radius 3 is 2.75 bits per heavy atom. The van der Waals surface area contributed by atoms with E-state index in [1.54, 1.807) is 41.6 Å². The fourth-order valence-corrected chi connectivity index (χ4v) is 2.47. The van der Waals surface area contributed by atoms with Crippen LogP contribution >= 0.6 is 0 Å². The Morgan fingerprint density at radius 1 is 1.21 bits per heavy atom. The standard InChI is InChI=1S/C18H18N4O2/c23-11-7-16(14-4-2-1-3-5-14)21-18(24)15-6-8-20-17(12-15)22-10-9-19-13-22/h1-6,8-10,12-13,16,23H,7,11H2,(H,21,24). The summed E-state index contributed by atoms with van der Waals surface area (Å²) in [5, 5.41) is 12.3. The van der Waals surface area contributed by atoms with Crippen LogP contribution < -0.4 is 5.32 Å². The van der Waals surface area contributed by atoms with Crippen molar-refractivity contribution in [1.29, 1.82) is 0 Å². The van der Waals surface area contributed by atoms with Crippen molar-refractivity contribution in [3.05, 3.63) is 78.5 Å². The lowest BCUT2D eigenvalue weighted by Crippen LogP contribution is -2.29. The summed E-state index contributed by atoms with van der Waals surface area (Å²) in [7, 11) is 0. The van der Waals surface area contributed by atoms with Gasteiger partial charge in [-0.15, -0.1) is 0 Å². The molecule has 0 fully saturated rings. The molecule has 0 aliphatic heterocycles. The summed E-state index contributed by atoms with van der Waals surface area (Å²) in [5.41, 5.74) is 1.47. The lowest BCUT2D eigenvalue weighted by molar-refractivity contribution is 0.0930. The van der Waals surface area contributed by atoms with E-state index in [1.807, 2.05) is 30.3 Å². The molecular weight excluding hydrogens is 304 g/mol. The molecule has 0 saturated carbocycles. The Morgan fingerprint density at radius 2 is 2.04 bits per heavy atom. The van der Waals surface area contributed by atoms with E-state index in [2.05, 4.69) is 15.3 Å². The van der Waals surface area contributed by atoms with E-state index < -0.39 is 0 Å². The molecule has 1 aromatic carbocycles. The molecule has 2 heterocycles. The Labute approximate surface area is 139 Å². The number of aliphatic hydroxyl groups is 1. The molecule has 0 aliphatic rings. The van der Waals surface area contributed by atoms with Gasteiger partial charge in [0, 0.05) is 30.8 Å². The Balaban J connectivity index is 1.79. The Bertz CT molecular complexity index is 788. The van der Waals surface area contributed by atoms with Crippen LogP contribution in [-0.2, 0) is 0 Å². The zero-order chi connectivity index (χ0) is 16.8. The molecule has 1 atom stereocenters. The summed E-state index contributed by atoms with van der Waals surface area (Å²) in [6.45, 7) is -0.00350. The summed E-state index contributed by atoms with van der Waals surface area (Å²) in [6.07, 6.45) is 7.09. The van der Waals surface area contributed by atoms with Gasteiger partial charge >= 0.3 is 0 Å². The third-order valence-electron chi connectivity index (χ3n) is 3.70. The summed E-state index contributed by atoms with van der Waals surface area (Å²) in [5.74, 6) is 0.416. The lowest BCUT2D eigenvalue weighted by atomic mass is 10.0. The number of rotatable bonds is 6. The number of pyridine rings is 1. The van der Waals surface area contributed by atoms with Crippen LogP contribution in [0.2, 0.25) is 0 Å². The highest BCUT2D eigenvalue weighted by atomic mass is 16.3. The van der Waals surface area contributed by atoms with Crippen molar-refractivity contribution in [2.45, 2.75) is 12.5 Å². The lowest BCUT2D eigenvalue weighted by Gasteiger charge is -2.18. The number of carbonyl (C=O) groups excluding carboxylic acids is 1. The zero-order valence-corrected chi connectivity index (χ0v) is 13.0. The van der Waals surface area contributed by atoms with Gasteiger partial charge in [-0.25, -0.2) is 9.97 Å². The van der Waals surface area contributed by atoms with Gasteiger partial charge in [-0.05, 0) is 24.1 Å². The number of aromatic nitrogens is 3. The van der Waals surface area contributed by atoms with Crippen molar-refractivity contribution in [3.63, 3.8) is 0 Å². The van der Waals surface area contributed by atoms with E-state index in [0.29, 0.717) is 17.8 Å². The fraction of sp³-hybridized carbons (Fsp3) is 0.167. The Kier molecular flexibility index (Phi) is 4.98. The predicted molar refractivity (Wildman–Crippen MR) is 89.7 cm³/mol. The number of nitrogens with zero attached hydrogens (tertiary/aromatic N) is 3. The summed E-state index contributed by atoms with van der Waals surface area (Å²) in [4.78, 5) is 20.8. The number of imidazole rings is 1. The van der Waals surface area contributed by atoms with E-state index in [4.69, 9.17) is 0 Å². The molecule has 0 spiro atoms. The van der Waals surface area contributed by atoms with Crippen LogP contribution in [0.3, 0.4) is 0 Å². The number of nitrogens with one attached hydrogen (secondary N) is 1. The highest BCUT2D eigenvalue weighted by Gasteiger charge is 2.16. The van der Waals surface area contributed by atoms with Gasteiger partial charge in [-0.2, -0.15) is 0 Å². The minimum atomic E-state index is -0.242. The number of hydrogen-bond donors (Lipinski definition) is 2. The van der Waals surface area contributed by atoms with Gasteiger partial charge in [0.25, 0.3) is 5.91 Å². The molecule has 1 unspecified atom stereocenters. The van der Waals surface area contributed by atoms with Crippen molar-refractivity contribution in [2.24, 2.45) is 0 Å². The minimum Gasteiger partial charge on any atom is -0.396 e. The second-order valence-electron chi connectivity index (χ2n) is 5.32. The smallest absolute Gasteiger partial charge is 0.251 e. The first-order chi connectivity index (χ1) is 11.8. The molecule has 3 rings (SSSR count). The van der Waals surface area contributed by atoms with Gasteiger partial charge in [-0.1, -0.05) is 30.3 Å². The maximum atomic E-state index is 12.6. The van der Waals surface area contributed by atoms with Gasteiger partial charge in [0.15, 0.2) is 0 Å². The average Bonchev–Trinajstić information content (AvgIpc) is 3.17. The normalized spacial score (nSPS) is 11.9. The first kappa shape index (κ1) is 15.9. The maximum Gasteiger partial charge on any atom is 0.251 e. The molecule has 24 heavy (non-hydrogen) atoms. The van der Waals surface area contributed by atoms with Crippen LogP contribution in [0, 0.1) is 0 Å². The van der Waals surface area contributed by atoms with Gasteiger partial charge < -0.3 is 10.4 Å². The van der Waals surface area contributed by atoms with Crippen molar-refractivity contribution < 1.29 is 9.90 Å². The number of hydrogen-bond acceptors (Lipinski definition) is 4. The molecule has 0 radical (unpaired) electrons. The number of aliphatic hydroxyl groups excluding tert-OH is 1. The molecular formula is C18H18N4O2. The summed E-state index contributed by atoms with van der Waals surface area (Å²) in [6, 6.07) is 12.7. The molecule has 2 N–H and O–H groups in total. The number of amides is 1. The van der Waals surface area contributed by atoms with E-state index in [9.17, 15) is 9.90 Å². The van der Waals surface area contributed by atoms with Crippen LogP contribution in [0.1, 0.15) is 28.4 Å². The first-order valence-corrected chi connectivity index (χ1v) is 7.69. The van der Waals surface area contributed by atoms with Crippen LogP contribution in [0.4, 0.5) is 0 Å². The van der Waals surface area contributed by atoms with Crippen molar-refractivity contribution in [3.8, 4) is 5.82 Å². The van der Waals surface area contributed by atoms with Crippen LogP contribution in [0.5, 0.6) is 0 Å². The second kappa shape index (κ2) is 7.52. The second-order valence-corrected chi connectivity index (χ2v) is 5.32. The molecule has 122 valence electrons. The SMILES string of the molecule is O=C(NC(CCO)c1ccccc1)c1ccnc(-n2ccnc2)c1. The molecule has 0 aliphatic carbocycles. The quantitative estimate of drug-likeness (QED) is 0.728. The molecule has 6 nitrogen and oxygen atoms in total. The largest absolute Gasteiger partial charge is 0.396 e. The van der Waals surface area contributed by atoms with Crippen LogP contribution in [0.25, 0.3) is 5.82 Å². The van der Waals surface area contributed by atoms with E-state index in [1.165, 1.54) is 0 Å². The highest BCUT2D eigenvalue weighted by molar-refractivity contribution is 5.94. The molecule has 2 aromatic heterocycles. The topological polar surface area (TPSA) is 80.0 Å². The predicted octanol–water partition coefficient (Wildman–Crippen LogP) is 2.12. The van der Waals surface area contributed by atoms with Gasteiger partial charge in [-0.3, -0.25) is 9.36 Å². The minimum absolute atomic E-state index is 0.00350. The molecule has 0 bridgehead atoms. The summed E-state index contributed by atoms with van der Waals surface area (Å²) >= 11 is 0. The molecule has 3 aromatic rings. The molecule has 6 heteroatoms. The monoisotopic (exact) mass is 322 g/mol.